The number of hydrogen-bond acceptors (Lipinski definition) is 3. The summed E-state index contributed by atoms with van der Waals surface area (Å²) in [7, 11) is 0. The van der Waals surface area contributed by atoms with E-state index in [1.807, 2.05) is 32.9 Å². The lowest BCUT2D eigenvalue weighted by atomic mass is 10.1. The molecule has 0 fully saturated rings. The molecule has 0 heterocycles. The Balaban J connectivity index is 0. The minimum Gasteiger partial charge on any atom is -0.317 e. The molecule has 0 atom stereocenters. The van der Waals surface area contributed by atoms with Gasteiger partial charge < -0.3 is 5.41 Å². The Kier molecular flexibility index (Phi) is 12.0. The number of nitrogens with zero attached hydrogens (tertiary/aromatic N) is 1. The lowest BCUT2D eigenvalue weighted by molar-refractivity contribution is 1.27. The fourth-order valence-corrected chi connectivity index (χ4v) is 1.01. The van der Waals surface area contributed by atoms with Crippen LogP contribution in [0.1, 0.15) is 31.9 Å². The predicted molar refractivity (Wildman–Crippen MR) is 74.9 cm³/mol. The summed E-state index contributed by atoms with van der Waals surface area (Å²) in [5.41, 5.74) is 6.59. The molecule has 0 aliphatic rings. The molecule has 0 spiro atoms. The smallest absolute Gasteiger partial charge is 0.0593 e. The van der Waals surface area contributed by atoms with Gasteiger partial charge in [0.25, 0.3) is 0 Å². The fourth-order valence-electron chi connectivity index (χ4n) is 1.01. The van der Waals surface area contributed by atoms with E-state index in [1.54, 1.807) is 6.21 Å². The van der Waals surface area contributed by atoms with Crippen molar-refractivity contribution in [1.82, 2.24) is 0 Å². The van der Waals surface area contributed by atoms with Crippen LogP contribution in [0.2, 0.25) is 0 Å². The van der Waals surface area contributed by atoms with E-state index in [2.05, 4.69) is 37.2 Å². The third-order valence-corrected chi connectivity index (χ3v) is 1.92. The third kappa shape index (κ3) is 5.96. The van der Waals surface area contributed by atoms with E-state index in [-0.39, 0.29) is 0 Å². The molecular weight excluding hydrogens is 198 g/mol. The molecule has 0 bridgehead atoms. The van der Waals surface area contributed by atoms with E-state index in [9.17, 15) is 0 Å². The molecule has 16 heavy (non-hydrogen) atoms. The number of anilines is 1. The van der Waals surface area contributed by atoms with Crippen molar-refractivity contribution < 1.29 is 0 Å². The second-order valence-corrected chi connectivity index (χ2v) is 2.75. The molecule has 1 aromatic rings. The first-order valence-corrected chi connectivity index (χ1v) is 5.41. The van der Waals surface area contributed by atoms with Crippen LogP contribution in [0.5, 0.6) is 0 Å². The Labute approximate surface area is 99.1 Å². The van der Waals surface area contributed by atoms with Crippen LogP contribution < -0.4 is 5.43 Å². The molecule has 1 rings (SSSR count). The summed E-state index contributed by atoms with van der Waals surface area (Å²) in [6, 6.07) is 6.14. The lowest BCUT2D eigenvalue weighted by Gasteiger charge is -2.06. The van der Waals surface area contributed by atoms with Gasteiger partial charge in [0, 0.05) is 6.21 Å². The van der Waals surface area contributed by atoms with Crippen LogP contribution in [0, 0.1) is 19.3 Å². The Hall–Kier alpha value is -1.64. The van der Waals surface area contributed by atoms with Crippen molar-refractivity contribution in [2.24, 2.45) is 5.10 Å². The van der Waals surface area contributed by atoms with E-state index >= 15 is 0 Å². The van der Waals surface area contributed by atoms with Crippen LogP contribution in [-0.4, -0.2) is 12.9 Å². The van der Waals surface area contributed by atoms with Crippen LogP contribution in [0.25, 0.3) is 0 Å². The number of benzene rings is 1. The second kappa shape index (κ2) is 11.4. The molecule has 0 aliphatic heterocycles. The monoisotopic (exact) mass is 221 g/mol. The maximum Gasteiger partial charge on any atom is 0.0593 e. The quantitative estimate of drug-likeness (QED) is 0.575. The van der Waals surface area contributed by atoms with Gasteiger partial charge in [-0.15, -0.1) is 0 Å². The minimum atomic E-state index is 1.08. The zero-order chi connectivity index (χ0) is 13.0. The summed E-state index contributed by atoms with van der Waals surface area (Å²) in [4.78, 5) is 0. The summed E-state index contributed by atoms with van der Waals surface area (Å²) in [5.74, 6) is 0. The van der Waals surface area contributed by atoms with Crippen LogP contribution in [-0.2, 0) is 0 Å². The largest absolute Gasteiger partial charge is 0.317 e. The first kappa shape index (κ1) is 16.8. The van der Waals surface area contributed by atoms with Crippen molar-refractivity contribution in [2.75, 3.05) is 5.43 Å². The first-order chi connectivity index (χ1) is 7.75. The number of nitrogens with one attached hydrogen (secondary N) is 2. The summed E-state index contributed by atoms with van der Waals surface area (Å²) < 4.78 is 0. The molecule has 0 unspecified atom stereocenters. The topological polar surface area (TPSA) is 48.2 Å². The number of hydrazone groups is 1. The van der Waals surface area contributed by atoms with Crippen molar-refractivity contribution in [3.8, 4) is 0 Å². The number of rotatable bonds is 2. The van der Waals surface area contributed by atoms with Crippen molar-refractivity contribution in [3.63, 3.8) is 0 Å². The summed E-state index contributed by atoms with van der Waals surface area (Å²) in [6.45, 7) is 12.6. The Morgan fingerprint density at radius 3 is 2.31 bits per heavy atom. The van der Waals surface area contributed by atoms with Gasteiger partial charge in [0.15, 0.2) is 0 Å². The van der Waals surface area contributed by atoms with E-state index in [4.69, 9.17) is 5.41 Å². The van der Waals surface area contributed by atoms with Gasteiger partial charge in [-0.1, -0.05) is 26.0 Å². The number of hydrogen-bond donors (Lipinski definition) is 2. The van der Waals surface area contributed by atoms with E-state index < -0.39 is 0 Å². The number of aryl methyl sites for hydroxylation is 1. The Bertz CT molecular complexity index is 306. The SMILES string of the molecule is C/C=N\Nc1cccc(C)c1C.C=N.CC. The zero-order valence-electron chi connectivity index (χ0n) is 11.0. The first-order valence-electron chi connectivity index (χ1n) is 5.41. The Morgan fingerprint density at radius 1 is 1.25 bits per heavy atom. The van der Waals surface area contributed by atoms with Crippen LogP contribution in [0.3, 0.4) is 0 Å². The highest BCUT2D eigenvalue weighted by molar-refractivity contribution is 5.59. The zero-order valence-corrected chi connectivity index (χ0v) is 11.0. The molecule has 2 N–H and O–H groups in total. The molecule has 3 nitrogen and oxygen atoms in total. The molecule has 0 amide bonds. The van der Waals surface area contributed by atoms with Crippen molar-refractivity contribution in [3.05, 3.63) is 29.3 Å². The molecule has 0 aromatic heterocycles. The lowest BCUT2D eigenvalue weighted by Crippen LogP contribution is -1.92. The highest BCUT2D eigenvalue weighted by atomic mass is 15.3. The highest BCUT2D eigenvalue weighted by Crippen LogP contribution is 2.17. The van der Waals surface area contributed by atoms with E-state index in [0.717, 1.165) is 5.69 Å². The van der Waals surface area contributed by atoms with Gasteiger partial charge >= 0.3 is 0 Å². The van der Waals surface area contributed by atoms with Crippen molar-refractivity contribution in [1.29, 1.82) is 5.41 Å². The molecule has 0 saturated heterocycles. The van der Waals surface area contributed by atoms with Crippen LogP contribution in [0.15, 0.2) is 23.3 Å². The average Bonchev–Trinajstić information content (AvgIpc) is 2.36. The molecule has 90 valence electrons. The molecule has 3 heteroatoms. The maximum atomic E-state index is 5.50. The van der Waals surface area contributed by atoms with E-state index in [0.29, 0.717) is 0 Å². The van der Waals surface area contributed by atoms with Gasteiger partial charge in [-0.2, -0.15) is 5.10 Å². The van der Waals surface area contributed by atoms with Gasteiger partial charge in [0.1, 0.15) is 0 Å². The minimum absolute atomic E-state index is 1.08. The molecule has 0 radical (unpaired) electrons. The highest BCUT2D eigenvalue weighted by Gasteiger charge is 1.97. The van der Waals surface area contributed by atoms with Gasteiger partial charge in [0.2, 0.25) is 0 Å². The maximum absolute atomic E-state index is 5.50. The molecule has 0 saturated carbocycles. The molecular formula is C13H23N3. The molecule has 1 aromatic carbocycles. The van der Waals surface area contributed by atoms with Crippen LogP contribution in [0.4, 0.5) is 5.69 Å². The van der Waals surface area contributed by atoms with Gasteiger partial charge in [-0.3, -0.25) is 5.43 Å². The predicted octanol–water partition coefficient (Wildman–Crippen LogP) is 4.01. The average molecular weight is 221 g/mol. The molecule has 0 aliphatic carbocycles. The van der Waals surface area contributed by atoms with Crippen molar-refractivity contribution >= 4 is 18.6 Å². The van der Waals surface area contributed by atoms with Gasteiger partial charge in [-0.05, 0) is 44.7 Å². The Morgan fingerprint density at radius 2 is 1.81 bits per heavy atom. The third-order valence-electron chi connectivity index (χ3n) is 1.92. The summed E-state index contributed by atoms with van der Waals surface area (Å²) in [5, 5.41) is 9.47. The van der Waals surface area contributed by atoms with E-state index in [1.165, 1.54) is 11.1 Å². The van der Waals surface area contributed by atoms with Crippen LogP contribution >= 0.6 is 0 Å². The normalized spacial score (nSPS) is 8.56. The fraction of sp³-hybridized carbons (Fsp3) is 0.385. The van der Waals surface area contributed by atoms with Gasteiger partial charge in [0.05, 0.1) is 5.69 Å². The van der Waals surface area contributed by atoms with Gasteiger partial charge in [-0.25, -0.2) is 0 Å². The van der Waals surface area contributed by atoms with Crippen molar-refractivity contribution in [2.45, 2.75) is 34.6 Å². The summed E-state index contributed by atoms with van der Waals surface area (Å²) >= 11 is 0. The summed E-state index contributed by atoms with van der Waals surface area (Å²) in [6.07, 6.45) is 1.74. The standard InChI is InChI=1S/C10H14N2.C2H6.CH3N/c1-4-11-12-10-7-5-6-8(2)9(10)3;2*1-2/h4-7,12H,1-3H3;1-2H3;2H,1H2/b11-4-;;. The second-order valence-electron chi connectivity index (χ2n) is 2.75.